The first-order valence-electron chi connectivity index (χ1n) is 3.19. The molecule has 0 unspecified atom stereocenters. The van der Waals surface area contributed by atoms with Crippen LogP contribution >= 0.6 is 0 Å². The molecular weight excluding hydrogens is 118 g/mol. The monoisotopic (exact) mass is 129 g/mol. The standard InChI is InChI=1S/C6H11NO2/c1-9-7-5-3-2-4-6(7)8/h2-5H2,1H3. The Morgan fingerprint density at radius 2 is 2.33 bits per heavy atom. The number of hydrogen-bond donors (Lipinski definition) is 0. The quantitative estimate of drug-likeness (QED) is 0.517. The Morgan fingerprint density at radius 1 is 1.56 bits per heavy atom. The fraction of sp³-hybridized carbons (Fsp3) is 0.833. The van der Waals surface area contributed by atoms with E-state index in [-0.39, 0.29) is 5.91 Å². The summed E-state index contributed by atoms with van der Waals surface area (Å²) in [7, 11) is 1.53. The van der Waals surface area contributed by atoms with Crippen LogP contribution in [0.3, 0.4) is 0 Å². The molecule has 0 N–H and O–H groups in total. The van der Waals surface area contributed by atoms with E-state index in [2.05, 4.69) is 0 Å². The molecule has 1 aliphatic heterocycles. The lowest BCUT2D eigenvalue weighted by Gasteiger charge is -2.23. The number of piperidine rings is 1. The molecule has 3 heteroatoms. The zero-order chi connectivity index (χ0) is 6.69. The van der Waals surface area contributed by atoms with Gasteiger partial charge in [0.25, 0.3) is 0 Å². The Kier molecular flexibility index (Phi) is 2.05. The molecular formula is C6H11NO2. The second-order valence-corrected chi connectivity index (χ2v) is 2.14. The fourth-order valence-electron chi connectivity index (χ4n) is 0.974. The number of carbonyl (C=O) groups is 1. The zero-order valence-electron chi connectivity index (χ0n) is 5.59. The minimum Gasteiger partial charge on any atom is -0.274 e. The predicted octanol–water partition coefficient (Wildman–Crippen LogP) is 0.560. The molecule has 52 valence electrons. The number of hydroxylamine groups is 2. The predicted molar refractivity (Wildman–Crippen MR) is 32.6 cm³/mol. The van der Waals surface area contributed by atoms with Crippen LogP contribution in [0, 0.1) is 0 Å². The molecule has 0 spiro atoms. The average Bonchev–Trinajstić information content (AvgIpc) is 1.89. The molecule has 0 aromatic carbocycles. The number of carbonyl (C=O) groups excluding carboxylic acids is 1. The van der Waals surface area contributed by atoms with Gasteiger partial charge in [-0.15, -0.1) is 0 Å². The van der Waals surface area contributed by atoms with Gasteiger partial charge >= 0.3 is 0 Å². The molecule has 1 saturated heterocycles. The summed E-state index contributed by atoms with van der Waals surface area (Å²) in [6.45, 7) is 0.759. The molecule has 0 bridgehead atoms. The van der Waals surface area contributed by atoms with Crippen LogP contribution in [0.15, 0.2) is 0 Å². The van der Waals surface area contributed by atoms with Crippen LogP contribution < -0.4 is 0 Å². The van der Waals surface area contributed by atoms with E-state index >= 15 is 0 Å². The smallest absolute Gasteiger partial charge is 0.246 e. The first-order valence-corrected chi connectivity index (χ1v) is 3.19. The molecule has 0 atom stereocenters. The summed E-state index contributed by atoms with van der Waals surface area (Å²) in [5.41, 5.74) is 0. The lowest BCUT2D eigenvalue weighted by molar-refractivity contribution is -0.180. The van der Waals surface area contributed by atoms with Crippen molar-refractivity contribution in [2.24, 2.45) is 0 Å². The van der Waals surface area contributed by atoms with Crippen molar-refractivity contribution in [2.75, 3.05) is 13.7 Å². The molecule has 0 aromatic heterocycles. The fourth-order valence-corrected chi connectivity index (χ4v) is 0.974. The molecule has 1 rings (SSSR count). The Morgan fingerprint density at radius 3 is 2.78 bits per heavy atom. The summed E-state index contributed by atoms with van der Waals surface area (Å²) in [6, 6.07) is 0. The summed E-state index contributed by atoms with van der Waals surface area (Å²) in [5.74, 6) is 0.115. The van der Waals surface area contributed by atoms with Crippen molar-refractivity contribution < 1.29 is 9.63 Å². The van der Waals surface area contributed by atoms with E-state index in [0.717, 1.165) is 19.4 Å². The normalized spacial score (nSPS) is 20.6. The van der Waals surface area contributed by atoms with Crippen LogP contribution in [-0.4, -0.2) is 24.6 Å². The molecule has 0 radical (unpaired) electrons. The largest absolute Gasteiger partial charge is 0.274 e. The first kappa shape index (κ1) is 6.55. The Labute approximate surface area is 54.5 Å². The molecule has 0 aromatic rings. The minimum absolute atomic E-state index is 0.115. The van der Waals surface area contributed by atoms with Gasteiger partial charge in [-0.1, -0.05) is 0 Å². The zero-order valence-corrected chi connectivity index (χ0v) is 5.59. The maximum absolute atomic E-state index is 10.8. The second kappa shape index (κ2) is 2.82. The van der Waals surface area contributed by atoms with Crippen molar-refractivity contribution >= 4 is 5.91 Å². The molecule has 1 amide bonds. The van der Waals surface area contributed by atoms with Crippen LogP contribution in [0.4, 0.5) is 0 Å². The molecule has 9 heavy (non-hydrogen) atoms. The van der Waals surface area contributed by atoms with Crippen molar-refractivity contribution in [2.45, 2.75) is 19.3 Å². The third kappa shape index (κ3) is 1.42. The van der Waals surface area contributed by atoms with Gasteiger partial charge in [-0.25, -0.2) is 5.06 Å². The van der Waals surface area contributed by atoms with Gasteiger partial charge in [0.05, 0.1) is 7.11 Å². The Balaban J connectivity index is 2.39. The first-order chi connectivity index (χ1) is 4.34. The summed E-state index contributed by atoms with van der Waals surface area (Å²) >= 11 is 0. The van der Waals surface area contributed by atoms with Crippen molar-refractivity contribution in [3.8, 4) is 0 Å². The van der Waals surface area contributed by atoms with E-state index in [0.29, 0.717) is 6.42 Å². The number of hydrogen-bond acceptors (Lipinski definition) is 2. The van der Waals surface area contributed by atoms with Crippen LogP contribution in [0.25, 0.3) is 0 Å². The highest BCUT2D eigenvalue weighted by Crippen LogP contribution is 2.09. The van der Waals surface area contributed by atoms with Crippen LogP contribution in [0.5, 0.6) is 0 Å². The van der Waals surface area contributed by atoms with Crippen molar-refractivity contribution in [1.29, 1.82) is 0 Å². The Hall–Kier alpha value is -0.570. The van der Waals surface area contributed by atoms with E-state index in [1.165, 1.54) is 12.2 Å². The lowest BCUT2D eigenvalue weighted by Crippen LogP contribution is -2.33. The van der Waals surface area contributed by atoms with Crippen LogP contribution in [0.2, 0.25) is 0 Å². The maximum atomic E-state index is 10.8. The Bertz CT molecular complexity index is 114. The van der Waals surface area contributed by atoms with Gasteiger partial charge in [-0.05, 0) is 12.8 Å². The van der Waals surface area contributed by atoms with Gasteiger partial charge in [-0.2, -0.15) is 0 Å². The van der Waals surface area contributed by atoms with Gasteiger partial charge < -0.3 is 0 Å². The molecule has 1 aliphatic rings. The molecule has 1 fully saturated rings. The minimum atomic E-state index is 0.115. The van der Waals surface area contributed by atoms with E-state index in [1.54, 1.807) is 0 Å². The van der Waals surface area contributed by atoms with Gasteiger partial charge in [-0.3, -0.25) is 9.63 Å². The second-order valence-electron chi connectivity index (χ2n) is 2.14. The third-order valence-electron chi connectivity index (χ3n) is 1.50. The maximum Gasteiger partial charge on any atom is 0.246 e. The summed E-state index contributed by atoms with van der Waals surface area (Å²) in [6.07, 6.45) is 2.73. The number of rotatable bonds is 1. The van der Waals surface area contributed by atoms with E-state index in [1.807, 2.05) is 0 Å². The highest BCUT2D eigenvalue weighted by Gasteiger charge is 2.16. The number of nitrogens with zero attached hydrogens (tertiary/aromatic N) is 1. The van der Waals surface area contributed by atoms with Gasteiger partial charge in [0, 0.05) is 13.0 Å². The molecule has 1 heterocycles. The lowest BCUT2D eigenvalue weighted by atomic mass is 10.2. The number of amides is 1. The topological polar surface area (TPSA) is 29.5 Å². The van der Waals surface area contributed by atoms with Gasteiger partial charge in [0.15, 0.2) is 0 Å². The van der Waals surface area contributed by atoms with E-state index in [4.69, 9.17) is 4.84 Å². The van der Waals surface area contributed by atoms with Crippen LogP contribution in [0.1, 0.15) is 19.3 Å². The molecule has 0 saturated carbocycles. The van der Waals surface area contributed by atoms with Crippen LogP contribution in [-0.2, 0) is 9.63 Å². The molecule has 0 aliphatic carbocycles. The summed E-state index contributed by atoms with van der Waals surface area (Å²) in [5, 5.41) is 1.42. The third-order valence-corrected chi connectivity index (χ3v) is 1.50. The summed E-state index contributed by atoms with van der Waals surface area (Å²) < 4.78 is 0. The molecule has 3 nitrogen and oxygen atoms in total. The summed E-state index contributed by atoms with van der Waals surface area (Å²) in [4.78, 5) is 15.6. The van der Waals surface area contributed by atoms with Crippen molar-refractivity contribution in [1.82, 2.24) is 5.06 Å². The highest BCUT2D eigenvalue weighted by atomic mass is 16.7. The average molecular weight is 129 g/mol. The van der Waals surface area contributed by atoms with Gasteiger partial charge in [0.1, 0.15) is 0 Å². The SMILES string of the molecule is CON1CCCCC1=O. The van der Waals surface area contributed by atoms with E-state index < -0.39 is 0 Å². The highest BCUT2D eigenvalue weighted by molar-refractivity contribution is 5.75. The van der Waals surface area contributed by atoms with E-state index in [9.17, 15) is 4.79 Å². The van der Waals surface area contributed by atoms with Crippen molar-refractivity contribution in [3.05, 3.63) is 0 Å². The van der Waals surface area contributed by atoms with Gasteiger partial charge in [0.2, 0.25) is 5.91 Å². The van der Waals surface area contributed by atoms with Crippen molar-refractivity contribution in [3.63, 3.8) is 0 Å².